The summed E-state index contributed by atoms with van der Waals surface area (Å²) in [6.07, 6.45) is 9.45. The fourth-order valence-electron chi connectivity index (χ4n) is 5.31. The number of nitrogens with one attached hydrogen (secondary N) is 4. The van der Waals surface area contributed by atoms with Gasteiger partial charge in [-0.15, -0.1) is 11.6 Å². The van der Waals surface area contributed by atoms with E-state index in [1.165, 1.54) is 26.2 Å². The van der Waals surface area contributed by atoms with Gasteiger partial charge in [0.25, 0.3) is 0 Å². The summed E-state index contributed by atoms with van der Waals surface area (Å²) in [5.74, 6) is -4.60. The standard InChI is InChI=1S/C36H59ClN8O6/c1-3-4-5-6-7-8-12-20-31(47)43-29(23-26-16-10-9-11-17-26)35(51)42-25(2)33(49)45-28(18-13-14-21-38)34(50)44-27(32(48)30(46)24-37)19-15-22-41-36(39)40/h9-11,16-17,25,27-29H,3-8,12-15,18-24,38H2,1-2H3,(H,42,51)(H,43,47)(H,44,50)(H,45,49)(H4,39,40,41)/t25-,27-,28-,29-/m0/s1. The molecule has 51 heavy (non-hydrogen) atoms. The van der Waals surface area contributed by atoms with Gasteiger partial charge < -0.3 is 38.5 Å². The fourth-order valence-corrected chi connectivity index (χ4v) is 5.44. The van der Waals surface area contributed by atoms with Crippen molar-refractivity contribution in [2.24, 2.45) is 22.2 Å². The number of unbranched alkanes of at least 4 members (excludes halogenated alkanes) is 7. The predicted molar refractivity (Wildman–Crippen MR) is 200 cm³/mol. The van der Waals surface area contributed by atoms with Gasteiger partial charge >= 0.3 is 0 Å². The Kier molecular flexibility index (Phi) is 23.6. The van der Waals surface area contributed by atoms with E-state index >= 15 is 0 Å². The van der Waals surface area contributed by atoms with Crippen molar-refractivity contribution >= 4 is 52.8 Å². The van der Waals surface area contributed by atoms with Crippen LogP contribution in [0.1, 0.15) is 103 Å². The van der Waals surface area contributed by atoms with E-state index in [4.69, 9.17) is 28.8 Å². The average molecular weight is 735 g/mol. The van der Waals surface area contributed by atoms with Gasteiger partial charge in [0.15, 0.2) is 5.96 Å². The highest BCUT2D eigenvalue weighted by Gasteiger charge is 2.31. The Bertz CT molecular complexity index is 1260. The molecule has 10 N–H and O–H groups in total. The number of carbonyl (C=O) groups is 6. The van der Waals surface area contributed by atoms with E-state index < -0.39 is 59.3 Å². The molecule has 0 bridgehead atoms. The van der Waals surface area contributed by atoms with E-state index in [1.54, 1.807) is 0 Å². The largest absolute Gasteiger partial charge is 0.370 e. The van der Waals surface area contributed by atoms with Crippen molar-refractivity contribution in [3.05, 3.63) is 35.9 Å². The molecule has 0 radical (unpaired) electrons. The number of hydrogen-bond acceptors (Lipinski definition) is 8. The van der Waals surface area contributed by atoms with Crippen molar-refractivity contribution in [3.8, 4) is 0 Å². The van der Waals surface area contributed by atoms with E-state index in [2.05, 4.69) is 33.2 Å². The van der Waals surface area contributed by atoms with E-state index in [0.29, 0.717) is 25.8 Å². The van der Waals surface area contributed by atoms with Crippen LogP contribution in [0.25, 0.3) is 0 Å². The molecular formula is C36H59ClN8O6. The summed E-state index contributed by atoms with van der Waals surface area (Å²) >= 11 is 5.60. The Morgan fingerprint density at radius 1 is 0.725 bits per heavy atom. The first-order valence-corrected chi connectivity index (χ1v) is 18.6. The van der Waals surface area contributed by atoms with E-state index in [1.807, 2.05) is 30.3 Å². The lowest BCUT2D eigenvalue weighted by Crippen LogP contribution is -2.57. The number of aliphatic imine (C=N–C) groups is 1. The maximum Gasteiger partial charge on any atom is 0.243 e. The summed E-state index contributed by atoms with van der Waals surface area (Å²) in [6.45, 7) is 4.16. The SMILES string of the molecule is CCCCCCCCCC(=O)N[C@@H](Cc1ccccc1)C(=O)N[C@@H](C)C(=O)N[C@@H](CCCCN)C(=O)N[C@@H](CCCN=C(N)N)C(=O)C(=O)CCl. The molecular weight excluding hydrogens is 676 g/mol. The van der Waals surface area contributed by atoms with Gasteiger partial charge in [-0.3, -0.25) is 33.8 Å². The third kappa shape index (κ3) is 19.8. The molecule has 0 aliphatic carbocycles. The first kappa shape index (κ1) is 45.0. The smallest absolute Gasteiger partial charge is 0.243 e. The van der Waals surface area contributed by atoms with Crippen molar-refractivity contribution < 1.29 is 28.8 Å². The molecule has 0 heterocycles. The number of Topliss-reactive ketones (excluding diaryl/α,β-unsaturated/α-hetero) is 2. The number of amides is 4. The molecule has 286 valence electrons. The summed E-state index contributed by atoms with van der Waals surface area (Å²) in [6, 6.07) is 4.88. The Balaban J connectivity index is 2.99. The van der Waals surface area contributed by atoms with Crippen LogP contribution in [0, 0.1) is 0 Å². The van der Waals surface area contributed by atoms with E-state index in [-0.39, 0.29) is 50.5 Å². The Morgan fingerprint density at radius 2 is 1.33 bits per heavy atom. The van der Waals surface area contributed by atoms with Crippen molar-refractivity contribution in [1.82, 2.24) is 21.3 Å². The molecule has 0 fully saturated rings. The van der Waals surface area contributed by atoms with Crippen LogP contribution in [0.2, 0.25) is 0 Å². The minimum Gasteiger partial charge on any atom is -0.370 e. The van der Waals surface area contributed by atoms with E-state index in [9.17, 15) is 28.8 Å². The number of alkyl halides is 1. The lowest BCUT2D eigenvalue weighted by molar-refractivity contribution is -0.138. The lowest BCUT2D eigenvalue weighted by atomic mass is 10.0. The van der Waals surface area contributed by atoms with Crippen LogP contribution in [0.5, 0.6) is 0 Å². The number of hydrogen-bond donors (Lipinski definition) is 7. The van der Waals surface area contributed by atoms with Gasteiger partial charge in [0.1, 0.15) is 18.1 Å². The molecule has 4 atom stereocenters. The number of nitrogens with two attached hydrogens (primary N) is 3. The lowest BCUT2D eigenvalue weighted by Gasteiger charge is -2.25. The van der Waals surface area contributed by atoms with Gasteiger partial charge in [-0.1, -0.05) is 75.8 Å². The second-order valence-electron chi connectivity index (χ2n) is 12.7. The molecule has 15 heteroatoms. The van der Waals surface area contributed by atoms with E-state index in [0.717, 1.165) is 24.8 Å². The van der Waals surface area contributed by atoms with Gasteiger partial charge in [-0.25, -0.2) is 0 Å². The van der Waals surface area contributed by atoms with Crippen LogP contribution >= 0.6 is 11.6 Å². The fraction of sp³-hybridized carbons (Fsp3) is 0.639. The van der Waals surface area contributed by atoms with Crippen LogP contribution in [0.3, 0.4) is 0 Å². The first-order valence-electron chi connectivity index (χ1n) is 18.1. The monoisotopic (exact) mass is 734 g/mol. The number of benzene rings is 1. The van der Waals surface area contributed by atoms with Crippen molar-refractivity contribution in [3.63, 3.8) is 0 Å². The number of halogens is 1. The molecule has 0 saturated carbocycles. The van der Waals surface area contributed by atoms with Crippen molar-refractivity contribution in [1.29, 1.82) is 0 Å². The molecule has 4 amide bonds. The van der Waals surface area contributed by atoms with Crippen molar-refractivity contribution in [2.75, 3.05) is 19.0 Å². The van der Waals surface area contributed by atoms with Crippen LogP contribution in [-0.4, -0.2) is 84.3 Å². The molecule has 1 aromatic rings. The maximum atomic E-state index is 13.5. The van der Waals surface area contributed by atoms with Crippen LogP contribution in [0.4, 0.5) is 0 Å². The average Bonchev–Trinajstić information content (AvgIpc) is 3.11. The Hall–Kier alpha value is -4.04. The summed E-state index contributed by atoms with van der Waals surface area (Å²) in [7, 11) is 0. The summed E-state index contributed by atoms with van der Waals surface area (Å²) < 4.78 is 0. The summed E-state index contributed by atoms with van der Waals surface area (Å²) in [4.78, 5) is 81.9. The van der Waals surface area contributed by atoms with Gasteiger partial charge in [0, 0.05) is 19.4 Å². The second-order valence-corrected chi connectivity index (χ2v) is 13.0. The highest BCUT2D eigenvalue weighted by molar-refractivity contribution is 6.48. The zero-order valence-corrected chi connectivity index (χ0v) is 31.0. The maximum absolute atomic E-state index is 13.5. The first-order chi connectivity index (χ1) is 24.4. The zero-order valence-electron chi connectivity index (χ0n) is 30.2. The molecule has 0 aromatic heterocycles. The van der Waals surface area contributed by atoms with Crippen LogP contribution < -0.4 is 38.5 Å². The number of carbonyl (C=O) groups excluding carboxylic acids is 6. The van der Waals surface area contributed by atoms with Gasteiger partial charge in [0.05, 0.1) is 11.9 Å². The molecule has 14 nitrogen and oxygen atoms in total. The Labute approximate surface area is 307 Å². The minimum atomic E-state index is -1.22. The summed E-state index contributed by atoms with van der Waals surface area (Å²) in [5, 5.41) is 10.7. The highest BCUT2D eigenvalue weighted by Crippen LogP contribution is 2.10. The molecule has 0 spiro atoms. The predicted octanol–water partition coefficient (Wildman–Crippen LogP) is 1.89. The normalized spacial score (nSPS) is 13.2. The number of nitrogens with zero attached hydrogens (tertiary/aromatic N) is 1. The number of ketones is 2. The highest BCUT2D eigenvalue weighted by atomic mass is 35.5. The molecule has 0 aliphatic rings. The van der Waals surface area contributed by atoms with Crippen LogP contribution in [-0.2, 0) is 35.2 Å². The molecule has 0 unspecified atom stereocenters. The topological polar surface area (TPSA) is 241 Å². The quantitative estimate of drug-likeness (QED) is 0.0218. The minimum absolute atomic E-state index is 0.0490. The van der Waals surface area contributed by atoms with Gasteiger partial charge in [-0.2, -0.15) is 0 Å². The van der Waals surface area contributed by atoms with Crippen LogP contribution in [0.15, 0.2) is 35.3 Å². The van der Waals surface area contributed by atoms with Gasteiger partial charge in [0.2, 0.25) is 35.2 Å². The third-order valence-corrected chi connectivity index (χ3v) is 8.49. The molecule has 1 aromatic carbocycles. The van der Waals surface area contributed by atoms with Crippen molar-refractivity contribution in [2.45, 2.75) is 128 Å². The molecule has 1 rings (SSSR count). The number of guanidine groups is 1. The third-order valence-electron chi connectivity index (χ3n) is 8.25. The summed E-state index contributed by atoms with van der Waals surface area (Å²) in [5.41, 5.74) is 17.2. The number of rotatable bonds is 28. The Morgan fingerprint density at radius 3 is 1.96 bits per heavy atom. The second kappa shape index (κ2) is 26.7. The zero-order chi connectivity index (χ0) is 38.0. The molecule has 0 aliphatic heterocycles. The van der Waals surface area contributed by atoms with Gasteiger partial charge in [-0.05, 0) is 57.6 Å². The molecule has 0 saturated heterocycles.